The van der Waals surface area contributed by atoms with E-state index < -0.39 is 27.7 Å². The summed E-state index contributed by atoms with van der Waals surface area (Å²) in [5.74, 6) is -0.787. The number of benzene rings is 2. The molecule has 0 aliphatic carbocycles. The standard InChI is InChI=1S/C22H22N2O8S/c1-4-30-22(27)24-16-5-6-17-15(9-20(25)32-18(17)10-16)11-31-21(26)14-7-12(2)13(3)19(8-14)33(23,28)29/h5-10H,4,11H2,1-3H3,(H,24,27)(H2,23,28,29). The van der Waals surface area contributed by atoms with Crippen molar-refractivity contribution in [3.05, 3.63) is 69.1 Å². The number of anilines is 1. The number of fused-ring (bicyclic) bond motifs is 1. The molecule has 0 unspecified atom stereocenters. The van der Waals surface area contributed by atoms with Crippen LogP contribution in [0.3, 0.4) is 0 Å². The molecule has 0 fully saturated rings. The summed E-state index contributed by atoms with van der Waals surface area (Å²) in [4.78, 5) is 36.0. The van der Waals surface area contributed by atoms with E-state index in [0.717, 1.165) is 6.07 Å². The first-order chi connectivity index (χ1) is 15.5. The SMILES string of the molecule is CCOC(=O)Nc1ccc2c(COC(=O)c3cc(C)c(C)c(S(N)(=O)=O)c3)cc(=O)oc2c1. The lowest BCUT2D eigenvalue weighted by Crippen LogP contribution is -2.16. The van der Waals surface area contributed by atoms with Crippen LogP contribution in [0.1, 0.15) is 34.0 Å². The van der Waals surface area contributed by atoms with Crippen LogP contribution in [0.2, 0.25) is 0 Å². The third-order valence-electron chi connectivity index (χ3n) is 4.87. The molecule has 174 valence electrons. The van der Waals surface area contributed by atoms with Gasteiger partial charge in [0.15, 0.2) is 0 Å². The number of rotatable bonds is 6. The average Bonchev–Trinajstić information content (AvgIpc) is 2.72. The van der Waals surface area contributed by atoms with E-state index in [-0.39, 0.29) is 29.3 Å². The number of ether oxygens (including phenoxy) is 2. The van der Waals surface area contributed by atoms with E-state index in [2.05, 4.69) is 5.32 Å². The Bertz CT molecular complexity index is 1410. The largest absolute Gasteiger partial charge is 0.457 e. The Morgan fingerprint density at radius 2 is 1.82 bits per heavy atom. The zero-order valence-corrected chi connectivity index (χ0v) is 18.9. The fourth-order valence-electron chi connectivity index (χ4n) is 3.18. The van der Waals surface area contributed by atoms with Crippen LogP contribution >= 0.6 is 0 Å². The normalized spacial score (nSPS) is 11.3. The van der Waals surface area contributed by atoms with Crippen molar-refractivity contribution in [2.24, 2.45) is 5.14 Å². The number of carbonyl (C=O) groups excluding carboxylic acids is 2. The van der Waals surface area contributed by atoms with Crippen LogP contribution in [-0.2, 0) is 26.1 Å². The topological polar surface area (TPSA) is 155 Å². The molecule has 1 amide bonds. The van der Waals surface area contributed by atoms with E-state index in [4.69, 9.17) is 19.0 Å². The molecule has 0 aliphatic rings. The lowest BCUT2D eigenvalue weighted by molar-refractivity contribution is 0.0473. The van der Waals surface area contributed by atoms with Crippen LogP contribution in [0.15, 0.2) is 50.5 Å². The Labute approximate surface area is 189 Å². The number of carbonyl (C=O) groups is 2. The van der Waals surface area contributed by atoms with Crippen molar-refractivity contribution in [2.75, 3.05) is 11.9 Å². The Kier molecular flexibility index (Phi) is 6.84. The summed E-state index contributed by atoms with van der Waals surface area (Å²) in [6, 6.07) is 8.46. The van der Waals surface area contributed by atoms with Crippen LogP contribution < -0.4 is 16.1 Å². The quantitative estimate of drug-likeness (QED) is 0.408. The third-order valence-corrected chi connectivity index (χ3v) is 5.91. The van der Waals surface area contributed by atoms with Gasteiger partial charge in [0.25, 0.3) is 0 Å². The molecule has 10 nitrogen and oxygen atoms in total. The van der Waals surface area contributed by atoms with Crippen molar-refractivity contribution in [3.63, 3.8) is 0 Å². The minimum Gasteiger partial charge on any atom is -0.457 e. The van der Waals surface area contributed by atoms with Gasteiger partial charge in [-0.1, -0.05) is 0 Å². The number of amides is 1. The van der Waals surface area contributed by atoms with Crippen molar-refractivity contribution in [1.82, 2.24) is 0 Å². The fraction of sp³-hybridized carbons (Fsp3) is 0.227. The lowest BCUT2D eigenvalue weighted by Gasteiger charge is -2.12. The van der Waals surface area contributed by atoms with Gasteiger partial charge in [0, 0.05) is 28.8 Å². The molecule has 0 saturated carbocycles. The Hall–Kier alpha value is -3.70. The summed E-state index contributed by atoms with van der Waals surface area (Å²) < 4.78 is 39.0. The van der Waals surface area contributed by atoms with Gasteiger partial charge in [0.2, 0.25) is 10.0 Å². The third kappa shape index (κ3) is 5.57. The number of sulfonamides is 1. The van der Waals surface area contributed by atoms with Crippen molar-refractivity contribution in [2.45, 2.75) is 32.3 Å². The van der Waals surface area contributed by atoms with Gasteiger partial charge in [-0.05, 0) is 56.2 Å². The monoisotopic (exact) mass is 474 g/mol. The molecule has 0 bridgehead atoms. The first-order valence-electron chi connectivity index (χ1n) is 9.81. The molecule has 3 N–H and O–H groups in total. The Balaban J connectivity index is 1.87. The number of esters is 1. The van der Waals surface area contributed by atoms with Gasteiger partial charge in [-0.15, -0.1) is 0 Å². The second-order valence-electron chi connectivity index (χ2n) is 7.18. The highest BCUT2D eigenvalue weighted by atomic mass is 32.2. The molecule has 0 spiro atoms. The Morgan fingerprint density at radius 1 is 1.09 bits per heavy atom. The highest BCUT2D eigenvalue weighted by Gasteiger charge is 2.19. The van der Waals surface area contributed by atoms with Crippen LogP contribution in [0.25, 0.3) is 11.0 Å². The number of aryl methyl sites for hydroxylation is 1. The summed E-state index contributed by atoms with van der Waals surface area (Å²) in [5, 5.41) is 8.23. The predicted molar refractivity (Wildman–Crippen MR) is 120 cm³/mol. The molecular formula is C22H22N2O8S. The van der Waals surface area contributed by atoms with Crippen molar-refractivity contribution >= 4 is 38.7 Å². The van der Waals surface area contributed by atoms with Crippen LogP contribution in [-0.4, -0.2) is 27.1 Å². The Morgan fingerprint density at radius 3 is 2.48 bits per heavy atom. The second-order valence-corrected chi connectivity index (χ2v) is 8.71. The van der Waals surface area contributed by atoms with E-state index in [1.165, 1.54) is 18.2 Å². The molecule has 11 heteroatoms. The van der Waals surface area contributed by atoms with E-state index in [9.17, 15) is 22.8 Å². The predicted octanol–water partition coefficient (Wildman–Crippen LogP) is 2.98. The summed E-state index contributed by atoms with van der Waals surface area (Å²) >= 11 is 0. The van der Waals surface area contributed by atoms with E-state index in [0.29, 0.717) is 27.8 Å². The maximum absolute atomic E-state index is 12.6. The molecule has 2 aromatic carbocycles. The molecule has 1 aromatic heterocycles. The minimum atomic E-state index is -4.03. The summed E-state index contributed by atoms with van der Waals surface area (Å²) in [7, 11) is -4.03. The van der Waals surface area contributed by atoms with E-state index in [1.54, 1.807) is 32.9 Å². The molecule has 3 rings (SSSR count). The molecule has 3 aromatic rings. The number of hydrogen-bond acceptors (Lipinski definition) is 8. The zero-order chi connectivity index (χ0) is 24.3. The van der Waals surface area contributed by atoms with Gasteiger partial charge in [-0.2, -0.15) is 0 Å². The number of primary sulfonamides is 1. The first-order valence-corrected chi connectivity index (χ1v) is 11.4. The number of nitrogens with one attached hydrogen (secondary N) is 1. The molecule has 0 aliphatic heterocycles. The fourth-order valence-corrected chi connectivity index (χ4v) is 4.06. The van der Waals surface area contributed by atoms with Gasteiger partial charge in [0.05, 0.1) is 17.1 Å². The molecule has 0 radical (unpaired) electrons. The van der Waals surface area contributed by atoms with Crippen LogP contribution in [0.5, 0.6) is 0 Å². The van der Waals surface area contributed by atoms with Crippen molar-refractivity contribution in [3.8, 4) is 0 Å². The van der Waals surface area contributed by atoms with E-state index in [1.807, 2.05) is 0 Å². The smallest absolute Gasteiger partial charge is 0.411 e. The molecule has 1 heterocycles. The summed E-state index contributed by atoms with van der Waals surface area (Å²) in [6.45, 7) is 4.83. The highest BCUT2D eigenvalue weighted by molar-refractivity contribution is 7.89. The van der Waals surface area contributed by atoms with E-state index >= 15 is 0 Å². The maximum atomic E-state index is 12.6. The van der Waals surface area contributed by atoms with Crippen molar-refractivity contribution in [1.29, 1.82) is 0 Å². The van der Waals surface area contributed by atoms with Gasteiger partial charge in [0.1, 0.15) is 12.2 Å². The second kappa shape index (κ2) is 9.43. The summed E-state index contributed by atoms with van der Waals surface area (Å²) in [5.41, 5.74) is 1.22. The summed E-state index contributed by atoms with van der Waals surface area (Å²) in [6.07, 6.45) is -0.656. The van der Waals surface area contributed by atoms with Crippen LogP contribution in [0, 0.1) is 13.8 Å². The molecular weight excluding hydrogens is 452 g/mol. The zero-order valence-electron chi connectivity index (χ0n) is 18.1. The minimum absolute atomic E-state index is 0.00955. The van der Waals surface area contributed by atoms with Gasteiger partial charge in [-0.25, -0.2) is 27.9 Å². The molecule has 0 atom stereocenters. The average molecular weight is 474 g/mol. The number of nitrogens with two attached hydrogens (primary N) is 1. The first kappa shape index (κ1) is 24.0. The van der Waals surface area contributed by atoms with Gasteiger partial charge < -0.3 is 13.9 Å². The van der Waals surface area contributed by atoms with Crippen LogP contribution in [0.4, 0.5) is 10.5 Å². The maximum Gasteiger partial charge on any atom is 0.411 e. The molecule has 33 heavy (non-hydrogen) atoms. The number of hydrogen-bond donors (Lipinski definition) is 2. The van der Waals surface area contributed by atoms with Crippen molar-refractivity contribution < 1.29 is 31.9 Å². The van der Waals surface area contributed by atoms with Gasteiger partial charge in [-0.3, -0.25) is 5.32 Å². The lowest BCUT2D eigenvalue weighted by atomic mass is 10.1. The highest BCUT2D eigenvalue weighted by Crippen LogP contribution is 2.24. The van der Waals surface area contributed by atoms with Gasteiger partial charge >= 0.3 is 17.7 Å². The molecule has 0 saturated heterocycles.